The van der Waals surface area contributed by atoms with Crippen LogP contribution in [-0.2, 0) is 0 Å². The Morgan fingerprint density at radius 2 is 1.37 bits per heavy atom. The Balaban J connectivity index is 1.56. The Morgan fingerprint density at radius 3 is 2.23 bits per heavy atom. The second kappa shape index (κ2) is 6.65. The Morgan fingerprint density at radius 1 is 0.600 bits per heavy atom. The van der Waals surface area contributed by atoms with E-state index in [2.05, 4.69) is 45.3 Å². The summed E-state index contributed by atoms with van der Waals surface area (Å²) >= 11 is 6.23. The van der Waals surface area contributed by atoms with Gasteiger partial charge in [-0.1, -0.05) is 60.7 Å². The minimum atomic E-state index is 0.169. The summed E-state index contributed by atoms with van der Waals surface area (Å²) in [6, 6.07) is 28.2. The van der Waals surface area contributed by atoms with Gasteiger partial charge in [-0.25, -0.2) is 4.98 Å². The first kappa shape index (κ1) is 17.1. The van der Waals surface area contributed by atoms with Crippen molar-refractivity contribution in [3.63, 3.8) is 0 Å². The zero-order valence-corrected chi connectivity index (χ0v) is 16.5. The SMILES string of the molecule is Clc1nc(-c2ccccc2)nc(-c2ccc3oc4c5ccccc5ccc4c3c2)n1. The number of benzene rings is 4. The van der Waals surface area contributed by atoms with Crippen molar-refractivity contribution in [2.45, 2.75) is 0 Å². The largest absolute Gasteiger partial charge is 0.455 e. The maximum Gasteiger partial charge on any atom is 0.226 e. The first-order valence-corrected chi connectivity index (χ1v) is 9.95. The molecule has 0 unspecified atom stereocenters. The van der Waals surface area contributed by atoms with Gasteiger partial charge in [0, 0.05) is 27.3 Å². The molecule has 0 saturated carbocycles. The number of nitrogens with zero attached hydrogens (tertiary/aromatic N) is 3. The number of hydrogen-bond acceptors (Lipinski definition) is 4. The van der Waals surface area contributed by atoms with Gasteiger partial charge in [0.05, 0.1) is 0 Å². The van der Waals surface area contributed by atoms with E-state index < -0.39 is 0 Å². The van der Waals surface area contributed by atoms with Gasteiger partial charge in [-0.3, -0.25) is 0 Å². The van der Waals surface area contributed by atoms with Gasteiger partial charge in [0.25, 0.3) is 0 Å². The summed E-state index contributed by atoms with van der Waals surface area (Å²) < 4.78 is 6.19. The molecule has 0 atom stereocenters. The molecular weight excluding hydrogens is 394 g/mol. The molecule has 0 amide bonds. The molecule has 0 fully saturated rings. The van der Waals surface area contributed by atoms with E-state index in [1.165, 1.54) is 0 Å². The number of hydrogen-bond donors (Lipinski definition) is 0. The van der Waals surface area contributed by atoms with Crippen LogP contribution in [-0.4, -0.2) is 15.0 Å². The minimum absolute atomic E-state index is 0.169. The summed E-state index contributed by atoms with van der Waals surface area (Å²) in [5.41, 5.74) is 3.47. The maximum absolute atomic E-state index is 6.23. The van der Waals surface area contributed by atoms with E-state index in [1.54, 1.807) is 0 Å². The lowest BCUT2D eigenvalue weighted by Crippen LogP contribution is -1.97. The summed E-state index contributed by atoms with van der Waals surface area (Å²) in [6.45, 7) is 0. The van der Waals surface area contributed by atoms with Gasteiger partial charge in [-0.2, -0.15) is 9.97 Å². The van der Waals surface area contributed by atoms with Gasteiger partial charge < -0.3 is 4.42 Å². The van der Waals surface area contributed by atoms with E-state index in [1.807, 2.05) is 54.6 Å². The van der Waals surface area contributed by atoms with E-state index in [9.17, 15) is 0 Å². The summed E-state index contributed by atoms with van der Waals surface area (Å²) in [5.74, 6) is 1.08. The van der Waals surface area contributed by atoms with Gasteiger partial charge in [-0.15, -0.1) is 0 Å². The average molecular weight is 408 g/mol. The summed E-state index contributed by atoms with van der Waals surface area (Å²) in [7, 11) is 0. The van der Waals surface area contributed by atoms with E-state index >= 15 is 0 Å². The Hall–Kier alpha value is -3.76. The van der Waals surface area contributed by atoms with Crippen LogP contribution in [0.3, 0.4) is 0 Å². The fourth-order valence-corrected chi connectivity index (χ4v) is 4.00. The maximum atomic E-state index is 6.23. The molecule has 4 aromatic carbocycles. The molecule has 2 aromatic heterocycles. The van der Waals surface area contributed by atoms with Crippen molar-refractivity contribution in [3.8, 4) is 22.8 Å². The lowest BCUT2D eigenvalue weighted by molar-refractivity contribution is 0.672. The van der Waals surface area contributed by atoms with Crippen LogP contribution < -0.4 is 0 Å². The highest BCUT2D eigenvalue weighted by Crippen LogP contribution is 2.35. The molecule has 0 spiro atoms. The molecule has 0 saturated heterocycles. The molecule has 0 bridgehead atoms. The van der Waals surface area contributed by atoms with Gasteiger partial charge in [0.2, 0.25) is 5.28 Å². The van der Waals surface area contributed by atoms with Crippen molar-refractivity contribution >= 4 is 44.3 Å². The van der Waals surface area contributed by atoms with Crippen molar-refractivity contribution in [1.29, 1.82) is 0 Å². The molecule has 0 N–H and O–H groups in total. The second-order valence-corrected chi connectivity index (χ2v) is 7.43. The van der Waals surface area contributed by atoms with Crippen molar-refractivity contribution < 1.29 is 4.42 Å². The van der Waals surface area contributed by atoms with Gasteiger partial charge >= 0.3 is 0 Å². The van der Waals surface area contributed by atoms with Crippen molar-refractivity contribution in [3.05, 3.63) is 90.2 Å². The van der Waals surface area contributed by atoms with Crippen LogP contribution in [0.15, 0.2) is 89.3 Å². The van der Waals surface area contributed by atoms with Crippen LogP contribution >= 0.6 is 11.6 Å². The molecule has 0 aliphatic carbocycles. The number of rotatable bonds is 2. The standard InChI is InChI=1S/C25H14ClN3O/c26-25-28-23(16-7-2-1-3-8-16)27-24(29-25)17-11-13-21-20(14-17)19-12-10-15-6-4-5-9-18(15)22(19)30-21/h1-14H. The molecule has 0 aliphatic heterocycles. The van der Waals surface area contributed by atoms with Crippen LogP contribution in [0.5, 0.6) is 0 Å². The molecular formula is C25H14ClN3O. The molecule has 0 radical (unpaired) electrons. The summed E-state index contributed by atoms with van der Waals surface area (Å²) in [4.78, 5) is 13.3. The van der Waals surface area contributed by atoms with Crippen LogP contribution in [0.2, 0.25) is 5.28 Å². The van der Waals surface area contributed by atoms with Crippen molar-refractivity contribution in [1.82, 2.24) is 15.0 Å². The smallest absolute Gasteiger partial charge is 0.226 e. The molecule has 0 aliphatic rings. The molecule has 5 heteroatoms. The monoisotopic (exact) mass is 407 g/mol. The average Bonchev–Trinajstić information content (AvgIpc) is 3.18. The van der Waals surface area contributed by atoms with Crippen molar-refractivity contribution in [2.24, 2.45) is 0 Å². The zero-order valence-electron chi connectivity index (χ0n) is 15.7. The summed E-state index contributed by atoms with van der Waals surface area (Å²) in [5, 5.41) is 4.50. The molecule has 142 valence electrons. The van der Waals surface area contributed by atoms with E-state index in [4.69, 9.17) is 16.0 Å². The number of furan rings is 1. The second-order valence-electron chi connectivity index (χ2n) is 7.09. The predicted octanol–water partition coefficient (Wildman–Crippen LogP) is 6.91. The van der Waals surface area contributed by atoms with Gasteiger partial charge in [0.15, 0.2) is 11.6 Å². The highest BCUT2D eigenvalue weighted by molar-refractivity contribution is 6.28. The number of aromatic nitrogens is 3. The third kappa shape index (κ3) is 2.73. The van der Waals surface area contributed by atoms with E-state index in [-0.39, 0.29) is 5.28 Å². The minimum Gasteiger partial charge on any atom is -0.455 e. The lowest BCUT2D eigenvalue weighted by Gasteiger charge is -2.05. The summed E-state index contributed by atoms with van der Waals surface area (Å²) in [6.07, 6.45) is 0. The first-order valence-electron chi connectivity index (χ1n) is 9.58. The van der Waals surface area contributed by atoms with Gasteiger partial charge in [0.1, 0.15) is 11.2 Å². The topological polar surface area (TPSA) is 51.8 Å². The molecule has 6 aromatic rings. The van der Waals surface area contributed by atoms with E-state index in [0.29, 0.717) is 11.6 Å². The molecule has 6 rings (SSSR count). The molecule has 30 heavy (non-hydrogen) atoms. The lowest BCUT2D eigenvalue weighted by atomic mass is 10.0. The first-order chi connectivity index (χ1) is 14.8. The zero-order chi connectivity index (χ0) is 20.1. The quantitative estimate of drug-likeness (QED) is 0.313. The Labute approximate surface area is 176 Å². The third-order valence-corrected chi connectivity index (χ3v) is 5.43. The Bertz CT molecular complexity index is 1560. The van der Waals surface area contributed by atoms with Gasteiger partial charge in [-0.05, 0) is 41.3 Å². The van der Waals surface area contributed by atoms with Crippen molar-refractivity contribution in [2.75, 3.05) is 0 Å². The fraction of sp³-hybridized carbons (Fsp3) is 0. The molecule has 4 nitrogen and oxygen atoms in total. The van der Waals surface area contributed by atoms with Crippen LogP contribution in [0.25, 0.3) is 55.5 Å². The normalized spacial score (nSPS) is 11.5. The number of halogens is 1. The van der Waals surface area contributed by atoms with E-state index in [0.717, 1.165) is 43.8 Å². The predicted molar refractivity (Wildman–Crippen MR) is 120 cm³/mol. The highest BCUT2D eigenvalue weighted by Gasteiger charge is 2.14. The van der Waals surface area contributed by atoms with Crippen LogP contribution in [0.1, 0.15) is 0 Å². The highest BCUT2D eigenvalue weighted by atomic mass is 35.5. The third-order valence-electron chi connectivity index (χ3n) is 5.26. The number of fused-ring (bicyclic) bond motifs is 5. The van der Waals surface area contributed by atoms with Crippen LogP contribution in [0.4, 0.5) is 0 Å². The Kier molecular flexibility index (Phi) is 3.79. The fourth-order valence-electron chi connectivity index (χ4n) is 3.84. The molecule has 2 heterocycles. The van der Waals surface area contributed by atoms with Crippen LogP contribution in [0, 0.1) is 0 Å².